The zero-order valence-electron chi connectivity index (χ0n) is 13.8. The van der Waals surface area contributed by atoms with Crippen molar-refractivity contribution < 1.29 is 8.78 Å². The number of rotatable bonds is 6. The molecule has 0 amide bonds. The SMILES string of the molecule is Cc1cc(Nc2cccc(F)c2)nc(NCCc2ccc(F)cc2)n1. The van der Waals surface area contributed by atoms with Crippen molar-refractivity contribution >= 4 is 17.5 Å². The minimum Gasteiger partial charge on any atom is -0.354 e. The van der Waals surface area contributed by atoms with Crippen molar-refractivity contribution in [3.05, 3.63) is 77.5 Å². The van der Waals surface area contributed by atoms with Gasteiger partial charge in [0.15, 0.2) is 0 Å². The molecular formula is C19H18F2N4. The predicted molar refractivity (Wildman–Crippen MR) is 95.0 cm³/mol. The topological polar surface area (TPSA) is 49.8 Å². The summed E-state index contributed by atoms with van der Waals surface area (Å²) in [6.07, 6.45) is 0.726. The van der Waals surface area contributed by atoms with Crippen molar-refractivity contribution in [3.63, 3.8) is 0 Å². The fraction of sp³-hybridized carbons (Fsp3) is 0.158. The maximum Gasteiger partial charge on any atom is 0.224 e. The van der Waals surface area contributed by atoms with E-state index in [4.69, 9.17) is 0 Å². The highest BCUT2D eigenvalue weighted by Crippen LogP contribution is 2.17. The van der Waals surface area contributed by atoms with E-state index >= 15 is 0 Å². The van der Waals surface area contributed by atoms with E-state index in [-0.39, 0.29) is 11.6 Å². The third-order valence-corrected chi connectivity index (χ3v) is 3.56. The molecule has 1 aromatic heterocycles. The molecular weight excluding hydrogens is 322 g/mol. The maximum atomic E-state index is 13.3. The summed E-state index contributed by atoms with van der Waals surface area (Å²) >= 11 is 0. The summed E-state index contributed by atoms with van der Waals surface area (Å²) in [6, 6.07) is 14.4. The van der Waals surface area contributed by atoms with Crippen molar-refractivity contribution in [1.82, 2.24) is 9.97 Å². The number of nitrogens with one attached hydrogen (secondary N) is 2. The van der Waals surface area contributed by atoms with Crippen LogP contribution in [-0.2, 0) is 6.42 Å². The summed E-state index contributed by atoms with van der Waals surface area (Å²) in [4.78, 5) is 8.73. The zero-order chi connectivity index (χ0) is 17.6. The molecule has 2 N–H and O–H groups in total. The van der Waals surface area contributed by atoms with E-state index in [1.807, 2.05) is 6.92 Å². The molecule has 0 aliphatic heterocycles. The molecule has 0 aliphatic carbocycles. The first-order valence-corrected chi connectivity index (χ1v) is 7.95. The third kappa shape index (κ3) is 4.97. The highest BCUT2D eigenvalue weighted by molar-refractivity contribution is 5.57. The molecule has 3 rings (SSSR count). The van der Waals surface area contributed by atoms with Gasteiger partial charge in [0, 0.05) is 24.0 Å². The molecule has 0 spiro atoms. The van der Waals surface area contributed by atoms with Gasteiger partial charge in [0.05, 0.1) is 0 Å². The molecule has 6 heteroatoms. The summed E-state index contributed by atoms with van der Waals surface area (Å²) < 4.78 is 26.2. The standard InChI is InChI=1S/C19H18F2N4/c1-13-11-18(24-17-4-2-3-16(21)12-17)25-19(23-13)22-10-9-14-5-7-15(20)8-6-14/h2-8,11-12H,9-10H2,1H3,(H2,22,23,24,25). The van der Waals surface area contributed by atoms with Crippen molar-refractivity contribution in [2.75, 3.05) is 17.2 Å². The molecule has 0 saturated carbocycles. The van der Waals surface area contributed by atoms with Gasteiger partial charge in [0.25, 0.3) is 0 Å². The molecule has 0 fully saturated rings. The molecule has 0 unspecified atom stereocenters. The van der Waals surface area contributed by atoms with Gasteiger partial charge in [-0.15, -0.1) is 0 Å². The average Bonchev–Trinajstić information content (AvgIpc) is 2.56. The Morgan fingerprint density at radius 2 is 1.72 bits per heavy atom. The number of anilines is 3. The van der Waals surface area contributed by atoms with E-state index in [0.717, 1.165) is 17.7 Å². The second-order valence-electron chi connectivity index (χ2n) is 5.66. The minimum absolute atomic E-state index is 0.244. The summed E-state index contributed by atoms with van der Waals surface area (Å²) in [7, 11) is 0. The molecule has 2 aromatic carbocycles. The van der Waals surface area contributed by atoms with Crippen LogP contribution in [0.3, 0.4) is 0 Å². The third-order valence-electron chi connectivity index (χ3n) is 3.56. The fourth-order valence-corrected chi connectivity index (χ4v) is 2.40. The van der Waals surface area contributed by atoms with Crippen molar-refractivity contribution in [2.24, 2.45) is 0 Å². The first-order valence-electron chi connectivity index (χ1n) is 7.95. The predicted octanol–water partition coefficient (Wildman–Crippen LogP) is 4.46. The molecule has 0 bridgehead atoms. The van der Waals surface area contributed by atoms with Crippen molar-refractivity contribution in [2.45, 2.75) is 13.3 Å². The molecule has 0 atom stereocenters. The second kappa shape index (κ2) is 7.70. The number of aromatic nitrogens is 2. The first kappa shape index (κ1) is 16.8. The number of benzene rings is 2. The Morgan fingerprint density at radius 1 is 0.920 bits per heavy atom. The summed E-state index contributed by atoms with van der Waals surface area (Å²) in [6.45, 7) is 2.48. The van der Waals surface area contributed by atoms with Crippen LogP contribution >= 0.6 is 0 Å². The van der Waals surface area contributed by atoms with Gasteiger partial charge in [0.1, 0.15) is 17.5 Å². The van der Waals surface area contributed by atoms with E-state index in [9.17, 15) is 8.78 Å². The second-order valence-corrected chi connectivity index (χ2v) is 5.66. The van der Waals surface area contributed by atoms with Gasteiger partial charge >= 0.3 is 0 Å². The van der Waals surface area contributed by atoms with Crippen LogP contribution in [0.25, 0.3) is 0 Å². The van der Waals surface area contributed by atoms with Crippen LogP contribution in [0.4, 0.5) is 26.2 Å². The summed E-state index contributed by atoms with van der Waals surface area (Å²) in [5.41, 5.74) is 2.44. The smallest absolute Gasteiger partial charge is 0.224 e. The molecule has 0 aliphatic rings. The monoisotopic (exact) mass is 340 g/mol. The quantitative estimate of drug-likeness (QED) is 0.695. The van der Waals surface area contributed by atoms with Gasteiger partial charge in [-0.2, -0.15) is 4.98 Å². The molecule has 1 heterocycles. The van der Waals surface area contributed by atoms with Gasteiger partial charge in [0.2, 0.25) is 5.95 Å². The normalized spacial score (nSPS) is 10.5. The number of halogens is 2. The van der Waals surface area contributed by atoms with Crippen LogP contribution < -0.4 is 10.6 Å². The summed E-state index contributed by atoms with van der Waals surface area (Å²) in [5, 5.41) is 6.22. The van der Waals surface area contributed by atoms with E-state index in [0.29, 0.717) is 24.0 Å². The largest absolute Gasteiger partial charge is 0.354 e. The van der Waals surface area contributed by atoms with E-state index in [1.54, 1.807) is 30.3 Å². The van der Waals surface area contributed by atoms with E-state index in [2.05, 4.69) is 20.6 Å². The summed E-state index contributed by atoms with van der Waals surface area (Å²) in [5.74, 6) is 0.517. The average molecular weight is 340 g/mol. The van der Waals surface area contributed by atoms with Gasteiger partial charge in [-0.05, 0) is 49.2 Å². The van der Waals surface area contributed by atoms with Crippen LogP contribution in [0, 0.1) is 18.6 Å². The number of nitrogens with zero attached hydrogens (tertiary/aromatic N) is 2. The molecule has 3 aromatic rings. The number of aryl methyl sites for hydroxylation is 1. The van der Waals surface area contributed by atoms with Gasteiger partial charge in [-0.3, -0.25) is 0 Å². The molecule has 25 heavy (non-hydrogen) atoms. The highest BCUT2D eigenvalue weighted by Gasteiger charge is 2.04. The lowest BCUT2D eigenvalue weighted by atomic mass is 10.1. The van der Waals surface area contributed by atoms with Crippen LogP contribution in [0.5, 0.6) is 0 Å². The lowest BCUT2D eigenvalue weighted by molar-refractivity contribution is 0.627. The van der Waals surface area contributed by atoms with Crippen molar-refractivity contribution in [3.8, 4) is 0 Å². The van der Waals surface area contributed by atoms with Gasteiger partial charge < -0.3 is 10.6 Å². The Kier molecular flexibility index (Phi) is 5.18. The lowest BCUT2D eigenvalue weighted by Gasteiger charge is -2.10. The number of hydrogen-bond acceptors (Lipinski definition) is 4. The van der Waals surface area contributed by atoms with Crippen molar-refractivity contribution in [1.29, 1.82) is 0 Å². The van der Waals surface area contributed by atoms with Gasteiger partial charge in [-0.1, -0.05) is 18.2 Å². The van der Waals surface area contributed by atoms with Crippen LogP contribution in [0.15, 0.2) is 54.6 Å². The molecule has 0 radical (unpaired) electrons. The lowest BCUT2D eigenvalue weighted by Crippen LogP contribution is -2.09. The zero-order valence-corrected chi connectivity index (χ0v) is 13.8. The Labute approximate surface area is 145 Å². The Balaban J connectivity index is 1.63. The van der Waals surface area contributed by atoms with Crippen LogP contribution in [-0.4, -0.2) is 16.5 Å². The Morgan fingerprint density at radius 3 is 2.48 bits per heavy atom. The molecule has 0 saturated heterocycles. The molecule has 4 nitrogen and oxygen atoms in total. The number of hydrogen-bond donors (Lipinski definition) is 2. The van der Waals surface area contributed by atoms with E-state index < -0.39 is 0 Å². The molecule has 128 valence electrons. The Hall–Kier alpha value is -3.02. The van der Waals surface area contributed by atoms with E-state index in [1.165, 1.54) is 24.3 Å². The Bertz CT molecular complexity index is 850. The van der Waals surface area contributed by atoms with Crippen LogP contribution in [0.2, 0.25) is 0 Å². The first-order chi connectivity index (χ1) is 12.1. The highest BCUT2D eigenvalue weighted by atomic mass is 19.1. The van der Waals surface area contributed by atoms with Gasteiger partial charge in [-0.25, -0.2) is 13.8 Å². The van der Waals surface area contributed by atoms with Crippen LogP contribution in [0.1, 0.15) is 11.3 Å². The maximum absolute atomic E-state index is 13.3. The fourth-order valence-electron chi connectivity index (χ4n) is 2.40. The minimum atomic E-state index is -0.312.